The van der Waals surface area contributed by atoms with Gasteiger partial charge < -0.3 is 14.2 Å². The van der Waals surface area contributed by atoms with Gasteiger partial charge in [0.1, 0.15) is 11.1 Å². The zero-order valence-electron chi connectivity index (χ0n) is 18.5. The van der Waals surface area contributed by atoms with Crippen LogP contribution >= 0.6 is 11.8 Å². The van der Waals surface area contributed by atoms with Crippen LogP contribution in [0.4, 0.5) is 5.69 Å². The van der Waals surface area contributed by atoms with Crippen LogP contribution in [-0.2, 0) is 14.3 Å². The molecule has 5 rings (SSSR count). The van der Waals surface area contributed by atoms with Crippen molar-refractivity contribution in [2.45, 2.75) is 24.3 Å². The highest BCUT2D eigenvalue weighted by Crippen LogP contribution is 2.59. The molecule has 3 atom stereocenters. The Labute approximate surface area is 198 Å². The molecule has 0 aliphatic carbocycles. The van der Waals surface area contributed by atoms with Crippen LogP contribution in [0.2, 0.25) is 0 Å². The van der Waals surface area contributed by atoms with Gasteiger partial charge in [0.15, 0.2) is 0 Å². The zero-order valence-corrected chi connectivity index (χ0v) is 19.3. The number of hydrogen-bond acceptors (Lipinski definition) is 6. The molecule has 168 valence electrons. The molecule has 33 heavy (non-hydrogen) atoms. The number of carbonyl (C=O) groups is 1. The molecule has 3 aromatic rings. The topological polar surface area (TPSA) is 48.0 Å². The maximum absolute atomic E-state index is 12.7. The van der Waals surface area contributed by atoms with Gasteiger partial charge in [-0.1, -0.05) is 72.4 Å². The van der Waals surface area contributed by atoms with Crippen molar-refractivity contribution in [1.29, 1.82) is 0 Å². The number of benzene rings is 3. The molecule has 3 aromatic carbocycles. The predicted octanol–water partition coefficient (Wildman–Crippen LogP) is 5.86. The van der Waals surface area contributed by atoms with Crippen LogP contribution in [0.3, 0.4) is 0 Å². The van der Waals surface area contributed by atoms with Gasteiger partial charge in [-0.05, 0) is 42.3 Å². The fourth-order valence-corrected chi connectivity index (χ4v) is 5.85. The lowest BCUT2D eigenvalue weighted by molar-refractivity contribution is -0.151. The molecule has 0 radical (unpaired) electrons. The van der Waals surface area contributed by atoms with Gasteiger partial charge in [-0.2, -0.15) is 0 Å². The van der Waals surface area contributed by atoms with E-state index in [4.69, 9.17) is 14.2 Å². The summed E-state index contributed by atoms with van der Waals surface area (Å²) in [6.07, 6.45) is -0.725. The second-order valence-corrected chi connectivity index (χ2v) is 8.92. The molecule has 5 nitrogen and oxygen atoms in total. The highest BCUT2D eigenvalue weighted by Gasteiger charge is 2.51. The molecule has 2 heterocycles. The number of esters is 1. The minimum atomic E-state index is -0.725. The fourth-order valence-electron chi connectivity index (χ4n) is 4.34. The van der Waals surface area contributed by atoms with E-state index in [0.29, 0.717) is 12.5 Å². The fraction of sp³-hybridized carbons (Fsp3) is 0.222. The molecule has 0 fully saturated rings. The summed E-state index contributed by atoms with van der Waals surface area (Å²) < 4.78 is 17.1. The third kappa shape index (κ3) is 3.95. The predicted molar refractivity (Wildman–Crippen MR) is 130 cm³/mol. The molecule has 2 aliphatic rings. The summed E-state index contributed by atoms with van der Waals surface area (Å²) in [5.41, 5.74) is 3.17. The molecular formula is C27H25NO4S. The Morgan fingerprint density at radius 1 is 0.939 bits per heavy atom. The largest absolute Gasteiger partial charge is 0.494 e. The van der Waals surface area contributed by atoms with Crippen LogP contribution in [0.1, 0.15) is 29.3 Å². The number of rotatable bonds is 6. The lowest BCUT2D eigenvalue weighted by atomic mass is 9.94. The van der Waals surface area contributed by atoms with Crippen molar-refractivity contribution in [3.05, 3.63) is 107 Å². The van der Waals surface area contributed by atoms with Crippen LogP contribution in [0.5, 0.6) is 5.75 Å². The first-order chi connectivity index (χ1) is 16.2. The first-order valence-electron chi connectivity index (χ1n) is 11.0. The third-order valence-electron chi connectivity index (χ3n) is 5.83. The molecular weight excluding hydrogens is 434 g/mol. The van der Waals surface area contributed by atoms with E-state index in [2.05, 4.69) is 17.0 Å². The Balaban J connectivity index is 1.60. The van der Waals surface area contributed by atoms with Gasteiger partial charge in [-0.15, -0.1) is 0 Å². The smallest absolute Gasteiger partial charge is 0.348 e. The molecule has 0 saturated heterocycles. The molecule has 0 aromatic heterocycles. The summed E-state index contributed by atoms with van der Waals surface area (Å²) in [6, 6.07) is 28.4. The van der Waals surface area contributed by atoms with Gasteiger partial charge in [0, 0.05) is 5.69 Å². The Kier molecular flexibility index (Phi) is 6.01. The van der Waals surface area contributed by atoms with Crippen molar-refractivity contribution in [3.8, 4) is 5.75 Å². The standard InChI is InChI=1S/C27H25NO4S/c1-3-31-21-16-14-20(15-17-21)28-25-24(33-26(28)19-12-8-5-9-13-19)22(18-10-6-4-7-11-18)23(32-25)27(29)30-2/h4-17,22-23,26H,3H2,1-2H3. The van der Waals surface area contributed by atoms with Crippen molar-refractivity contribution >= 4 is 23.4 Å². The minimum absolute atomic E-state index is 0.0149. The molecule has 0 saturated carbocycles. The monoisotopic (exact) mass is 459 g/mol. The second kappa shape index (κ2) is 9.24. The van der Waals surface area contributed by atoms with Gasteiger partial charge in [0.25, 0.3) is 0 Å². The van der Waals surface area contributed by atoms with Gasteiger partial charge in [-0.25, -0.2) is 4.79 Å². The van der Waals surface area contributed by atoms with Gasteiger partial charge in [0.2, 0.25) is 12.0 Å². The summed E-state index contributed by atoms with van der Waals surface area (Å²) >= 11 is 1.73. The maximum Gasteiger partial charge on any atom is 0.348 e. The van der Waals surface area contributed by atoms with Crippen LogP contribution < -0.4 is 9.64 Å². The van der Waals surface area contributed by atoms with Crippen molar-refractivity contribution in [3.63, 3.8) is 0 Å². The highest BCUT2D eigenvalue weighted by atomic mass is 32.2. The Hall–Kier alpha value is -3.38. The highest BCUT2D eigenvalue weighted by molar-refractivity contribution is 8.03. The van der Waals surface area contributed by atoms with E-state index in [0.717, 1.165) is 27.5 Å². The summed E-state index contributed by atoms with van der Waals surface area (Å²) in [5, 5.41) is -0.0149. The summed E-state index contributed by atoms with van der Waals surface area (Å²) in [7, 11) is 1.40. The van der Waals surface area contributed by atoms with E-state index in [9.17, 15) is 4.79 Å². The van der Waals surface area contributed by atoms with Crippen molar-refractivity contribution in [1.82, 2.24) is 0 Å². The summed E-state index contributed by atoms with van der Waals surface area (Å²) in [5.74, 6) is 0.932. The number of nitrogens with zero attached hydrogens (tertiary/aromatic N) is 1. The average molecular weight is 460 g/mol. The van der Waals surface area contributed by atoms with Crippen molar-refractivity contribution in [2.24, 2.45) is 0 Å². The van der Waals surface area contributed by atoms with Gasteiger partial charge in [-0.3, -0.25) is 4.90 Å². The van der Waals surface area contributed by atoms with Crippen LogP contribution in [0.15, 0.2) is 95.7 Å². The van der Waals surface area contributed by atoms with E-state index < -0.39 is 6.10 Å². The van der Waals surface area contributed by atoms with E-state index in [1.165, 1.54) is 7.11 Å². The SMILES string of the molecule is CCOc1ccc(N2C3=C(SC2c2ccccc2)C(c2ccccc2)C(C(=O)OC)O3)cc1. The Bertz CT molecular complexity index is 1150. The number of hydrogen-bond donors (Lipinski definition) is 0. The average Bonchev–Trinajstić information content (AvgIpc) is 3.42. The van der Waals surface area contributed by atoms with E-state index >= 15 is 0 Å². The van der Waals surface area contributed by atoms with Crippen molar-refractivity contribution in [2.75, 3.05) is 18.6 Å². The molecule has 0 spiro atoms. The summed E-state index contributed by atoms with van der Waals surface area (Å²) in [4.78, 5) is 15.9. The first kappa shape index (κ1) is 21.5. The lowest BCUT2D eigenvalue weighted by Crippen LogP contribution is -2.32. The number of methoxy groups -OCH3 is 1. The number of anilines is 1. The Morgan fingerprint density at radius 2 is 1.58 bits per heavy atom. The van der Waals surface area contributed by atoms with Crippen LogP contribution in [0, 0.1) is 0 Å². The number of thioether (sulfide) groups is 1. The van der Waals surface area contributed by atoms with Crippen LogP contribution in [0.25, 0.3) is 0 Å². The number of ether oxygens (including phenoxy) is 3. The quantitative estimate of drug-likeness (QED) is 0.430. The summed E-state index contributed by atoms with van der Waals surface area (Å²) in [6.45, 7) is 2.58. The first-order valence-corrected chi connectivity index (χ1v) is 11.9. The molecule has 0 bridgehead atoms. The van der Waals surface area contributed by atoms with Crippen molar-refractivity contribution < 1.29 is 19.0 Å². The van der Waals surface area contributed by atoms with Gasteiger partial charge in [0.05, 0.1) is 24.5 Å². The molecule has 2 aliphatic heterocycles. The van der Waals surface area contributed by atoms with E-state index in [1.54, 1.807) is 11.8 Å². The minimum Gasteiger partial charge on any atom is -0.494 e. The zero-order chi connectivity index (χ0) is 22.8. The molecule has 6 heteroatoms. The molecule has 0 N–H and O–H groups in total. The van der Waals surface area contributed by atoms with Gasteiger partial charge >= 0.3 is 5.97 Å². The third-order valence-corrected chi connectivity index (χ3v) is 7.22. The van der Waals surface area contributed by atoms with Crippen LogP contribution in [-0.4, -0.2) is 25.8 Å². The normalized spacial score (nSPS) is 21.5. The van der Waals surface area contributed by atoms with E-state index in [-0.39, 0.29) is 17.3 Å². The molecule has 0 amide bonds. The second-order valence-electron chi connectivity index (χ2n) is 7.80. The molecule has 3 unspecified atom stereocenters. The number of carbonyl (C=O) groups excluding carboxylic acids is 1. The maximum atomic E-state index is 12.7. The van der Waals surface area contributed by atoms with E-state index in [1.807, 2.05) is 79.7 Å². The Morgan fingerprint density at radius 3 is 2.18 bits per heavy atom. The lowest BCUT2D eigenvalue weighted by Gasteiger charge is -2.31.